The summed E-state index contributed by atoms with van der Waals surface area (Å²) in [4.78, 5) is 3.91. The van der Waals surface area contributed by atoms with Crippen LogP contribution < -0.4 is 5.32 Å². The molecule has 0 spiro atoms. The minimum atomic E-state index is -0.106. The number of aliphatic hydroxyl groups excluding tert-OH is 1. The third-order valence-electron chi connectivity index (χ3n) is 2.45. The van der Waals surface area contributed by atoms with Gasteiger partial charge in [-0.25, -0.2) is 4.98 Å². The Kier molecular flexibility index (Phi) is 4.41. The highest BCUT2D eigenvalue weighted by atomic mass is 16.3. The predicted molar refractivity (Wildman–Crippen MR) is 61.6 cm³/mol. The summed E-state index contributed by atoms with van der Waals surface area (Å²) in [6.45, 7) is 4.91. The van der Waals surface area contributed by atoms with E-state index in [0.717, 1.165) is 5.56 Å². The highest BCUT2D eigenvalue weighted by Gasteiger charge is 2.15. The molecule has 1 aromatic heterocycles. The van der Waals surface area contributed by atoms with E-state index in [0.29, 0.717) is 18.7 Å². The van der Waals surface area contributed by atoms with Crippen molar-refractivity contribution in [2.45, 2.75) is 32.4 Å². The average molecular weight is 219 g/mol. The highest BCUT2D eigenvalue weighted by molar-refractivity contribution is 5.25. The zero-order valence-electron chi connectivity index (χ0n) is 9.70. The lowest BCUT2D eigenvalue weighted by Crippen LogP contribution is -2.39. The van der Waals surface area contributed by atoms with Gasteiger partial charge < -0.3 is 10.4 Å². The number of aromatic nitrogens is 1. The van der Waals surface area contributed by atoms with E-state index >= 15 is 0 Å². The van der Waals surface area contributed by atoms with Crippen LogP contribution in [-0.2, 0) is 6.54 Å². The molecule has 1 rings (SSSR count). The summed E-state index contributed by atoms with van der Waals surface area (Å²) < 4.78 is 0. The molecule has 0 unspecified atom stereocenters. The Labute approximate surface area is 95.9 Å². The van der Waals surface area contributed by atoms with E-state index in [-0.39, 0.29) is 12.1 Å². The van der Waals surface area contributed by atoms with Crippen LogP contribution in [0.3, 0.4) is 0 Å². The first-order chi connectivity index (χ1) is 7.57. The Balaban J connectivity index is 2.58. The van der Waals surface area contributed by atoms with Crippen molar-refractivity contribution in [1.82, 2.24) is 10.3 Å². The normalized spacial score (nSPS) is 11.1. The maximum Gasteiger partial charge on any atom is 0.140 e. The summed E-state index contributed by atoms with van der Waals surface area (Å²) in [5, 5.41) is 20.9. The van der Waals surface area contributed by atoms with Gasteiger partial charge in [-0.1, -0.05) is 0 Å². The second-order valence-electron chi connectivity index (χ2n) is 4.37. The minimum absolute atomic E-state index is 0.106. The Morgan fingerprint density at radius 1 is 1.56 bits per heavy atom. The predicted octanol–water partition coefficient (Wildman–Crippen LogP) is 1.20. The van der Waals surface area contributed by atoms with Gasteiger partial charge >= 0.3 is 0 Å². The second kappa shape index (κ2) is 5.59. The number of nitrogens with zero attached hydrogens (tertiary/aromatic N) is 2. The molecule has 4 heteroatoms. The van der Waals surface area contributed by atoms with Crippen molar-refractivity contribution in [3.8, 4) is 6.07 Å². The van der Waals surface area contributed by atoms with Crippen molar-refractivity contribution in [3.63, 3.8) is 0 Å². The van der Waals surface area contributed by atoms with E-state index in [1.807, 2.05) is 26.0 Å². The topological polar surface area (TPSA) is 68.9 Å². The lowest BCUT2D eigenvalue weighted by Gasteiger charge is -2.25. The number of aliphatic hydroxyl groups is 1. The lowest BCUT2D eigenvalue weighted by molar-refractivity contribution is 0.230. The number of hydrogen-bond donors (Lipinski definition) is 2. The molecular formula is C12H17N3O. The van der Waals surface area contributed by atoms with E-state index in [1.165, 1.54) is 0 Å². The van der Waals surface area contributed by atoms with E-state index in [4.69, 9.17) is 10.4 Å². The zero-order valence-corrected chi connectivity index (χ0v) is 9.70. The Morgan fingerprint density at radius 2 is 2.31 bits per heavy atom. The summed E-state index contributed by atoms with van der Waals surface area (Å²) in [7, 11) is 0. The summed E-state index contributed by atoms with van der Waals surface area (Å²) >= 11 is 0. The van der Waals surface area contributed by atoms with E-state index < -0.39 is 0 Å². The largest absolute Gasteiger partial charge is 0.396 e. The van der Waals surface area contributed by atoms with Gasteiger partial charge in [0.15, 0.2) is 0 Å². The smallest absolute Gasteiger partial charge is 0.140 e. The van der Waals surface area contributed by atoms with Gasteiger partial charge in [0.25, 0.3) is 0 Å². The zero-order chi connectivity index (χ0) is 12.0. The second-order valence-corrected chi connectivity index (χ2v) is 4.37. The Hall–Kier alpha value is -1.44. The fraction of sp³-hybridized carbons (Fsp3) is 0.500. The molecule has 0 amide bonds. The molecule has 0 aliphatic carbocycles. The first-order valence-electron chi connectivity index (χ1n) is 5.28. The number of rotatable bonds is 5. The molecule has 0 atom stereocenters. The van der Waals surface area contributed by atoms with Gasteiger partial charge in [0.05, 0.1) is 0 Å². The van der Waals surface area contributed by atoms with Gasteiger partial charge in [0, 0.05) is 24.9 Å². The van der Waals surface area contributed by atoms with Crippen LogP contribution in [0.15, 0.2) is 18.3 Å². The van der Waals surface area contributed by atoms with E-state index in [1.54, 1.807) is 12.3 Å². The molecular weight excluding hydrogens is 202 g/mol. The fourth-order valence-corrected chi connectivity index (χ4v) is 1.35. The summed E-state index contributed by atoms with van der Waals surface area (Å²) in [5.41, 5.74) is 1.35. The molecule has 0 fully saturated rings. The van der Waals surface area contributed by atoms with E-state index in [2.05, 4.69) is 10.3 Å². The monoisotopic (exact) mass is 219 g/mol. The third kappa shape index (κ3) is 3.97. The highest BCUT2D eigenvalue weighted by Crippen LogP contribution is 2.09. The average Bonchev–Trinajstić information content (AvgIpc) is 2.27. The molecule has 1 heterocycles. The van der Waals surface area contributed by atoms with Gasteiger partial charge in [0.1, 0.15) is 11.8 Å². The van der Waals surface area contributed by atoms with Crippen molar-refractivity contribution >= 4 is 0 Å². The molecule has 0 radical (unpaired) electrons. The van der Waals surface area contributed by atoms with Crippen LogP contribution in [0.1, 0.15) is 31.5 Å². The van der Waals surface area contributed by atoms with Gasteiger partial charge in [-0.05, 0) is 38.0 Å². The van der Waals surface area contributed by atoms with Crippen molar-refractivity contribution in [2.24, 2.45) is 0 Å². The first-order valence-corrected chi connectivity index (χ1v) is 5.28. The summed E-state index contributed by atoms with van der Waals surface area (Å²) in [6, 6.07) is 5.65. The van der Waals surface area contributed by atoms with Gasteiger partial charge in [0.2, 0.25) is 0 Å². The molecule has 0 saturated carbocycles. The Bertz CT molecular complexity index is 382. The summed E-state index contributed by atoms with van der Waals surface area (Å²) in [6.07, 6.45) is 2.33. The molecule has 0 aliphatic heterocycles. The molecule has 1 aromatic rings. The molecule has 4 nitrogen and oxygen atoms in total. The Morgan fingerprint density at radius 3 is 2.94 bits per heavy atom. The number of nitriles is 1. The molecule has 0 bridgehead atoms. The number of nitrogens with one attached hydrogen (secondary N) is 1. The lowest BCUT2D eigenvalue weighted by atomic mass is 10.0. The molecule has 0 saturated heterocycles. The number of hydrogen-bond acceptors (Lipinski definition) is 4. The van der Waals surface area contributed by atoms with E-state index in [9.17, 15) is 0 Å². The van der Waals surface area contributed by atoms with Crippen LogP contribution in [0.25, 0.3) is 0 Å². The fourth-order valence-electron chi connectivity index (χ4n) is 1.35. The molecule has 0 aromatic carbocycles. The van der Waals surface area contributed by atoms with Crippen molar-refractivity contribution in [3.05, 3.63) is 29.6 Å². The van der Waals surface area contributed by atoms with Crippen LogP contribution in [0.5, 0.6) is 0 Å². The van der Waals surface area contributed by atoms with Crippen molar-refractivity contribution in [1.29, 1.82) is 5.26 Å². The minimum Gasteiger partial charge on any atom is -0.396 e. The summed E-state index contributed by atoms with van der Waals surface area (Å²) in [5.74, 6) is 0. The van der Waals surface area contributed by atoms with Gasteiger partial charge in [-0.2, -0.15) is 5.26 Å². The van der Waals surface area contributed by atoms with Crippen molar-refractivity contribution in [2.75, 3.05) is 6.61 Å². The maximum absolute atomic E-state index is 8.89. The first kappa shape index (κ1) is 12.6. The van der Waals surface area contributed by atoms with Crippen molar-refractivity contribution < 1.29 is 5.11 Å². The SMILES string of the molecule is CC(C)(CCO)NCc1ccnc(C#N)c1. The van der Waals surface area contributed by atoms with Crippen LogP contribution in [-0.4, -0.2) is 22.2 Å². The van der Waals surface area contributed by atoms with Gasteiger partial charge in [-0.15, -0.1) is 0 Å². The maximum atomic E-state index is 8.89. The molecule has 16 heavy (non-hydrogen) atoms. The van der Waals surface area contributed by atoms with Crippen LogP contribution in [0, 0.1) is 11.3 Å². The van der Waals surface area contributed by atoms with Crippen LogP contribution in [0.2, 0.25) is 0 Å². The van der Waals surface area contributed by atoms with Crippen LogP contribution >= 0.6 is 0 Å². The van der Waals surface area contributed by atoms with Gasteiger partial charge in [-0.3, -0.25) is 0 Å². The van der Waals surface area contributed by atoms with Crippen LogP contribution in [0.4, 0.5) is 0 Å². The standard InChI is InChI=1S/C12H17N3O/c1-12(2,4-6-16)15-9-10-3-5-14-11(7-10)8-13/h3,5,7,15-16H,4,6,9H2,1-2H3. The quantitative estimate of drug-likeness (QED) is 0.781. The number of pyridine rings is 1. The molecule has 0 aliphatic rings. The molecule has 2 N–H and O–H groups in total. The third-order valence-corrected chi connectivity index (χ3v) is 2.45. The molecule has 86 valence electrons.